The molecule has 3 heteroatoms. The molecule has 0 aliphatic carbocycles. The van der Waals surface area contributed by atoms with Crippen LogP contribution >= 0.6 is 0 Å². The average molecular weight is 202 g/mol. The fourth-order valence-corrected chi connectivity index (χ4v) is 1.72. The van der Waals surface area contributed by atoms with Crippen LogP contribution in [-0.2, 0) is 6.54 Å². The molecule has 0 saturated carbocycles. The van der Waals surface area contributed by atoms with Gasteiger partial charge in [-0.15, -0.1) is 0 Å². The van der Waals surface area contributed by atoms with Crippen molar-refractivity contribution in [1.82, 2.24) is 4.57 Å². The number of aryl methyl sites for hydroxylation is 1. The molecule has 1 aromatic heterocycles. The molecule has 2 N–H and O–H groups in total. The molecule has 0 radical (unpaired) electrons. The zero-order valence-corrected chi connectivity index (χ0v) is 8.52. The van der Waals surface area contributed by atoms with Crippen molar-refractivity contribution in [3.05, 3.63) is 46.8 Å². The molecule has 78 valence electrons. The molecule has 1 aromatic carbocycles. The number of rotatable bonds is 3. The number of benzene rings is 1. The Kier molecular flexibility index (Phi) is 2.83. The molecule has 1 heterocycles. The average Bonchev–Trinajstić information content (AvgIpc) is 2.28. The Morgan fingerprint density at radius 2 is 1.93 bits per heavy atom. The lowest BCUT2D eigenvalue weighted by atomic mass is 10.2. The number of hydrogen-bond donors (Lipinski definition) is 1. The normalized spacial score (nSPS) is 10.7. The highest BCUT2D eigenvalue weighted by atomic mass is 16.1. The Morgan fingerprint density at radius 3 is 2.73 bits per heavy atom. The summed E-state index contributed by atoms with van der Waals surface area (Å²) >= 11 is 0. The molecule has 0 bridgehead atoms. The van der Waals surface area contributed by atoms with E-state index in [9.17, 15) is 4.79 Å². The monoisotopic (exact) mass is 202 g/mol. The lowest BCUT2D eigenvalue weighted by molar-refractivity contribution is 0.650. The van der Waals surface area contributed by atoms with Crippen molar-refractivity contribution in [2.75, 3.05) is 6.54 Å². The van der Waals surface area contributed by atoms with E-state index in [-0.39, 0.29) is 5.56 Å². The first kappa shape index (κ1) is 9.93. The van der Waals surface area contributed by atoms with Crippen molar-refractivity contribution >= 4 is 10.9 Å². The van der Waals surface area contributed by atoms with Crippen LogP contribution < -0.4 is 11.3 Å². The van der Waals surface area contributed by atoms with Crippen molar-refractivity contribution < 1.29 is 0 Å². The predicted molar refractivity (Wildman–Crippen MR) is 61.9 cm³/mol. The van der Waals surface area contributed by atoms with Crippen molar-refractivity contribution in [1.29, 1.82) is 0 Å². The van der Waals surface area contributed by atoms with Gasteiger partial charge < -0.3 is 10.3 Å². The molecule has 0 spiro atoms. The van der Waals surface area contributed by atoms with E-state index in [2.05, 4.69) is 0 Å². The number of para-hydroxylation sites is 1. The summed E-state index contributed by atoms with van der Waals surface area (Å²) in [5.41, 5.74) is 6.48. The molecular weight excluding hydrogens is 188 g/mol. The quantitative estimate of drug-likeness (QED) is 0.816. The minimum absolute atomic E-state index is 0.0437. The summed E-state index contributed by atoms with van der Waals surface area (Å²) in [5, 5.41) is 1.09. The summed E-state index contributed by atoms with van der Waals surface area (Å²) in [6.45, 7) is 1.30. The Hall–Kier alpha value is -1.61. The maximum Gasteiger partial charge on any atom is 0.251 e. The van der Waals surface area contributed by atoms with E-state index >= 15 is 0 Å². The van der Waals surface area contributed by atoms with E-state index in [1.807, 2.05) is 30.3 Å². The van der Waals surface area contributed by atoms with Crippen LogP contribution in [0.3, 0.4) is 0 Å². The molecule has 3 nitrogen and oxygen atoms in total. The summed E-state index contributed by atoms with van der Waals surface area (Å²) in [6, 6.07) is 11.4. The van der Waals surface area contributed by atoms with Crippen molar-refractivity contribution in [3.63, 3.8) is 0 Å². The van der Waals surface area contributed by atoms with Gasteiger partial charge in [0.05, 0.1) is 5.52 Å². The first-order chi connectivity index (χ1) is 7.33. The van der Waals surface area contributed by atoms with E-state index in [4.69, 9.17) is 5.73 Å². The Morgan fingerprint density at radius 1 is 1.13 bits per heavy atom. The van der Waals surface area contributed by atoms with Gasteiger partial charge >= 0.3 is 0 Å². The molecule has 0 fully saturated rings. The molecule has 2 aromatic rings. The molecule has 2 rings (SSSR count). The van der Waals surface area contributed by atoms with Crippen LogP contribution in [0.2, 0.25) is 0 Å². The minimum atomic E-state index is 0.0437. The highest BCUT2D eigenvalue weighted by molar-refractivity contribution is 5.78. The lowest BCUT2D eigenvalue weighted by Crippen LogP contribution is -2.20. The topological polar surface area (TPSA) is 48.0 Å². The van der Waals surface area contributed by atoms with Gasteiger partial charge in [-0.25, -0.2) is 0 Å². The van der Waals surface area contributed by atoms with Gasteiger partial charge in [0.2, 0.25) is 0 Å². The lowest BCUT2D eigenvalue weighted by Gasteiger charge is -2.08. The summed E-state index contributed by atoms with van der Waals surface area (Å²) in [5.74, 6) is 0. The van der Waals surface area contributed by atoms with E-state index in [1.54, 1.807) is 10.6 Å². The summed E-state index contributed by atoms with van der Waals surface area (Å²) in [4.78, 5) is 11.7. The molecule has 0 amide bonds. The number of aromatic nitrogens is 1. The second-order valence-corrected chi connectivity index (χ2v) is 3.52. The van der Waals surface area contributed by atoms with Crippen molar-refractivity contribution in [2.45, 2.75) is 13.0 Å². The molecule has 0 atom stereocenters. The molecular formula is C12H14N2O. The highest BCUT2D eigenvalue weighted by Crippen LogP contribution is 2.10. The number of pyridine rings is 1. The SMILES string of the molecule is NCCCn1c(=O)ccc2ccccc21. The first-order valence-corrected chi connectivity index (χ1v) is 5.11. The van der Waals surface area contributed by atoms with Gasteiger partial charge in [0, 0.05) is 12.6 Å². The molecule has 0 aliphatic heterocycles. The summed E-state index contributed by atoms with van der Waals surface area (Å²) in [7, 11) is 0. The second-order valence-electron chi connectivity index (χ2n) is 3.52. The fourth-order valence-electron chi connectivity index (χ4n) is 1.72. The van der Waals surface area contributed by atoms with Crippen LogP contribution in [0.4, 0.5) is 0 Å². The largest absolute Gasteiger partial charge is 0.330 e. The number of nitrogens with zero attached hydrogens (tertiary/aromatic N) is 1. The van der Waals surface area contributed by atoms with E-state index in [0.29, 0.717) is 13.1 Å². The molecule has 15 heavy (non-hydrogen) atoms. The van der Waals surface area contributed by atoms with Crippen LogP contribution in [0, 0.1) is 0 Å². The van der Waals surface area contributed by atoms with Crippen LogP contribution in [0.15, 0.2) is 41.2 Å². The van der Waals surface area contributed by atoms with Crippen LogP contribution in [0.5, 0.6) is 0 Å². The Balaban J connectivity index is 2.58. The fraction of sp³-hybridized carbons (Fsp3) is 0.250. The van der Waals surface area contributed by atoms with Gasteiger partial charge in [-0.2, -0.15) is 0 Å². The second kappa shape index (κ2) is 4.28. The van der Waals surface area contributed by atoms with Gasteiger partial charge in [-0.05, 0) is 30.5 Å². The predicted octanol–water partition coefficient (Wildman–Crippen LogP) is 1.35. The number of fused-ring (bicyclic) bond motifs is 1. The summed E-state index contributed by atoms with van der Waals surface area (Å²) in [6.07, 6.45) is 0.827. The minimum Gasteiger partial charge on any atom is -0.330 e. The van der Waals surface area contributed by atoms with E-state index in [1.165, 1.54) is 0 Å². The van der Waals surface area contributed by atoms with Crippen LogP contribution in [-0.4, -0.2) is 11.1 Å². The van der Waals surface area contributed by atoms with Gasteiger partial charge in [-0.1, -0.05) is 18.2 Å². The summed E-state index contributed by atoms with van der Waals surface area (Å²) < 4.78 is 1.78. The van der Waals surface area contributed by atoms with Crippen molar-refractivity contribution in [2.24, 2.45) is 5.73 Å². The molecule has 0 aliphatic rings. The van der Waals surface area contributed by atoms with Gasteiger partial charge in [0.25, 0.3) is 5.56 Å². The zero-order chi connectivity index (χ0) is 10.7. The van der Waals surface area contributed by atoms with E-state index < -0.39 is 0 Å². The van der Waals surface area contributed by atoms with Gasteiger partial charge in [0.1, 0.15) is 0 Å². The van der Waals surface area contributed by atoms with Gasteiger partial charge in [-0.3, -0.25) is 4.79 Å². The highest BCUT2D eigenvalue weighted by Gasteiger charge is 2.00. The van der Waals surface area contributed by atoms with Gasteiger partial charge in [0.15, 0.2) is 0 Å². The molecule has 0 unspecified atom stereocenters. The first-order valence-electron chi connectivity index (χ1n) is 5.11. The van der Waals surface area contributed by atoms with Crippen LogP contribution in [0.1, 0.15) is 6.42 Å². The smallest absolute Gasteiger partial charge is 0.251 e. The Labute approximate surface area is 88.1 Å². The van der Waals surface area contributed by atoms with E-state index in [0.717, 1.165) is 17.3 Å². The maximum atomic E-state index is 11.7. The third kappa shape index (κ3) is 1.92. The standard InChI is InChI=1S/C12H14N2O/c13-8-3-9-14-11-5-2-1-4-10(11)6-7-12(14)15/h1-2,4-7H,3,8-9,13H2. The van der Waals surface area contributed by atoms with Crippen molar-refractivity contribution in [3.8, 4) is 0 Å². The maximum absolute atomic E-state index is 11.7. The Bertz CT molecular complexity index is 516. The zero-order valence-electron chi connectivity index (χ0n) is 8.52. The molecule has 0 saturated heterocycles. The third-order valence-corrected chi connectivity index (χ3v) is 2.48. The number of nitrogens with two attached hydrogens (primary N) is 1. The third-order valence-electron chi connectivity index (χ3n) is 2.48. The van der Waals surface area contributed by atoms with Crippen LogP contribution in [0.25, 0.3) is 10.9 Å². The number of hydrogen-bond acceptors (Lipinski definition) is 2.